The van der Waals surface area contributed by atoms with Gasteiger partial charge in [0, 0.05) is 42.0 Å². The van der Waals surface area contributed by atoms with Crippen LogP contribution in [0.1, 0.15) is 39.2 Å². The molecule has 3 aromatic rings. The Labute approximate surface area is 236 Å². The average molecular weight is 567 g/mol. The Hall–Kier alpha value is -4.32. The van der Waals surface area contributed by atoms with E-state index < -0.39 is 17.5 Å². The molecular weight excluding hydrogens is 536 g/mol. The Kier molecular flexibility index (Phi) is 7.53. The number of nitrogens with zero attached hydrogens (tertiary/aromatic N) is 4. The number of hydrogen-bond acceptors (Lipinski definition) is 8. The van der Waals surface area contributed by atoms with Gasteiger partial charge in [-0.1, -0.05) is 17.7 Å². The van der Waals surface area contributed by atoms with Gasteiger partial charge in [-0.3, -0.25) is 10.1 Å². The van der Waals surface area contributed by atoms with Crippen molar-refractivity contribution >= 4 is 58.7 Å². The lowest BCUT2D eigenvalue weighted by atomic mass is 9.97. The van der Waals surface area contributed by atoms with E-state index in [0.29, 0.717) is 53.4 Å². The highest BCUT2D eigenvalue weighted by Crippen LogP contribution is 2.26. The summed E-state index contributed by atoms with van der Waals surface area (Å²) in [6.07, 6.45) is 4.51. The van der Waals surface area contributed by atoms with Crippen LogP contribution in [0.25, 0.3) is 11.7 Å². The van der Waals surface area contributed by atoms with Gasteiger partial charge in [-0.15, -0.1) is 0 Å². The number of nitrogens with one attached hydrogen (secondary N) is 4. The molecule has 2 fully saturated rings. The minimum absolute atomic E-state index is 0.112. The van der Waals surface area contributed by atoms with Gasteiger partial charge in [-0.25, -0.2) is 14.6 Å². The molecule has 40 heavy (non-hydrogen) atoms. The van der Waals surface area contributed by atoms with Crippen molar-refractivity contribution in [1.29, 1.82) is 0 Å². The number of imide groups is 1. The summed E-state index contributed by atoms with van der Waals surface area (Å²) in [6.45, 7) is 7.50. The smallest absolute Gasteiger partial charge is 0.410 e. The first-order chi connectivity index (χ1) is 19.0. The molecule has 12 nitrogen and oxygen atoms in total. The minimum atomic E-state index is -0.580. The first-order valence-corrected chi connectivity index (χ1v) is 13.4. The number of urea groups is 1. The molecule has 0 bridgehead atoms. The van der Waals surface area contributed by atoms with E-state index >= 15 is 0 Å². The van der Waals surface area contributed by atoms with Gasteiger partial charge in [-0.2, -0.15) is 9.61 Å². The van der Waals surface area contributed by atoms with Crippen LogP contribution in [0.5, 0.6) is 0 Å². The molecule has 2 aromatic heterocycles. The molecule has 2 saturated heterocycles. The van der Waals surface area contributed by atoms with Crippen molar-refractivity contribution in [3.63, 3.8) is 0 Å². The number of hydrogen-bond donors (Lipinski definition) is 4. The third-order valence-electron chi connectivity index (χ3n) is 6.45. The number of benzene rings is 1. The molecule has 4 N–H and O–H groups in total. The van der Waals surface area contributed by atoms with E-state index in [1.807, 2.05) is 39.0 Å². The van der Waals surface area contributed by atoms with Crippen molar-refractivity contribution in [3.8, 4) is 0 Å². The molecule has 0 radical (unpaired) electrons. The highest BCUT2D eigenvalue weighted by atomic mass is 35.5. The maximum atomic E-state index is 12.4. The van der Waals surface area contributed by atoms with Gasteiger partial charge in [0.1, 0.15) is 22.9 Å². The second-order valence-electron chi connectivity index (χ2n) is 10.8. The Balaban J connectivity index is 1.36. The molecule has 0 saturated carbocycles. The second kappa shape index (κ2) is 11.0. The molecule has 0 aliphatic carbocycles. The van der Waals surface area contributed by atoms with E-state index in [-0.39, 0.29) is 11.8 Å². The monoisotopic (exact) mass is 566 g/mol. The van der Waals surface area contributed by atoms with Crippen LogP contribution in [0.2, 0.25) is 5.02 Å². The zero-order chi connectivity index (χ0) is 28.4. The molecule has 0 unspecified atom stereocenters. The van der Waals surface area contributed by atoms with Gasteiger partial charge in [-0.05, 0) is 63.8 Å². The molecule has 0 atom stereocenters. The van der Waals surface area contributed by atoms with E-state index in [2.05, 4.69) is 26.4 Å². The number of ether oxygens (including phenoxy) is 1. The molecular formula is C27H31ClN8O4. The molecule has 210 valence electrons. The quantitative estimate of drug-likeness (QED) is 0.255. The van der Waals surface area contributed by atoms with E-state index in [4.69, 9.17) is 21.3 Å². The topological polar surface area (TPSA) is 142 Å². The maximum absolute atomic E-state index is 12.4. The summed E-state index contributed by atoms with van der Waals surface area (Å²) in [4.78, 5) is 42.5. The van der Waals surface area contributed by atoms with E-state index in [0.717, 1.165) is 18.5 Å². The van der Waals surface area contributed by atoms with Gasteiger partial charge in [0.25, 0.3) is 5.91 Å². The number of anilines is 3. The molecule has 2 aliphatic rings. The van der Waals surface area contributed by atoms with Crippen LogP contribution in [0.3, 0.4) is 0 Å². The molecule has 13 heteroatoms. The fraction of sp³-hybridized carbons (Fsp3) is 0.370. The molecule has 4 heterocycles. The SMILES string of the molecule is CC(C)(C)OC(=O)N1CCC(CNc2cc(Nc3cccc(Cl)c3)nc3c(C=C4NC(=O)NC4=O)cnn23)CC1. The number of fused-ring (bicyclic) bond motifs is 1. The highest BCUT2D eigenvalue weighted by molar-refractivity contribution is 6.30. The van der Waals surface area contributed by atoms with Crippen LogP contribution in [0, 0.1) is 5.92 Å². The van der Waals surface area contributed by atoms with Gasteiger partial charge < -0.3 is 25.6 Å². The number of piperidine rings is 1. The van der Waals surface area contributed by atoms with Crippen molar-refractivity contribution < 1.29 is 19.1 Å². The zero-order valence-corrected chi connectivity index (χ0v) is 23.2. The third-order valence-corrected chi connectivity index (χ3v) is 6.69. The predicted molar refractivity (Wildman–Crippen MR) is 151 cm³/mol. The van der Waals surface area contributed by atoms with Crippen LogP contribution in [0.4, 0.5) is 26.9 Å². The predicted octanol–water partition coefficient (Wildman–Crippen LogP) is 4.37. The number of carbonyl (C=O) groups is 3. The first kappa shape index (κ1) is 27.3. The lowest BCUT2D eigenvalue weighted by Crippen LogP contribution is -2.42. The molecule has 1 aromatic carbocycles. The van der Waals surface area contributed by atoms with Crippen molar-refractivity contribution in [2.24, 2.45) is 5.92 Å². The van der Waals surface area contributed by atoms with Crippen molar-refractivity contribution in [3.05, 3.63) is 52.8 Å². The third kappa shape index (κ3) is 6.45. The Morgan fingerprint density at radius 3 is 2.65 bits per heavy atom. The summed E-state index contributed by atoms with van der Waals surface area (Å²) >= 11 is 6.16. The Bertz CT molecular complexity index is 1490. The first-order valence-electron chi connectivity index (χ1n) is 13.0. The standard InChI is InChI=1S/C27H31ClN8O4/c1-27(2,3)40-26(39)35-9-7-16(8-10-35)14-29-22-13-21(31-19-6-4-5-18(28)12-19)33-23-17(15-30-36(22)23)11-20-24(37)34-25(38)32-20/h4-6,11-13,15-16,29H,7-10,14H2,1-3H3,(H,31,33)(H2,32,34,37,38). The summed E-state index contributed by atoms with van der Waals surface area (Å²) in [5.74, 6) is 1.04. The average Bonchev–Trinajstić information content (AvgIpc) is 3.43. The lowest BCUT2D eigenvalue weighted by Gasteiger charge is -2.33. The second-order valence-corrected chi connectivity index (χ2v) is 11.2. The minimum Gasteiger partial charge on any atom is -0.444 e. The van der Waals surface area contributed by atoms with Gasteiger partial charge in [0.2, 0.25) is 0 Å². The summed E-state index contributed by atoms with van der Waals surface area (Å²) in [5.41, 5.74) is 1.38. The molecule has 5 rings (SSSR count). The lowest BCUT2D eigenvalue weighted by molar-refractivity contribution is -0.115. The summed E-state index contributed by atoms with van der Waals surface area (Å²) in [7, 11) is 0. The summed E-state index contributed by atoms with van der Waals surface area (Å²) in [6, 6.07) is 8.55. The number of carbonyl (C=O) groups excluding carboxylic acids is 3. The van der Waals surface area contributed by atoms with Crippen molar-refractivity contribution in [2.45, 2.75) is 39.2 Å². The fourth-order valence-corrected chi connectivity index (χ4v) is 4.71. The highest BCUT2D eigenvalue weighted by Gasteiger charge is 2.27. The largest absolute Gasteiger partial charge is 0.444 e. The number of likely N-dealkylation sites (tertiary alicyclic amines) is 1. The summed E-state index contributed by atoms with van der Waals surface area (Å²) in [5, 5.41) is 16.5. The number of aromatic nitrogens is 3. The summed E-state index contributed by atoms with van der Waals surface area (Å²) < 4.78 is 7.16. The van der Waals surface area contributed by atoms with E-state index in [9.17, 15) is 14.4 Å². The normalized spacial score (nSPS) is 17.2. The Morgan fingerprint density at radius 2 is 1.98 bits per heavy atom. The van der Waals surface area contributed by atoms with Crippen molar-refractivity contribution in [2.75, 3.05) is 30.3 Å². The molecule has 4 amide bonds. The van der Waals surface area contributed by atoms with Gasteiger partial charge in [0.15, 0.2) is 5.65 Å². The number of halogens is 1. The number of amides is 4. The van der Waals surface area contributed by atoms with Crippen molar-refractivity contribution in [1.82, 2.24) is 30.1 Å². The van der Waals surface area contributed by atoms with Crippen LogP contribution in [-0.2, 0) is 9.53 Å². The number of rotatable bonds is 6. The maximum Gasteiger partial charge on any atom is 0.410 e. The molecule has 2 aliphatic heterocycles. The van der Waals surface area contributed by atoms with Gasteiger partial charge >= 0.3 is 12.1 Å². The van der Waals surface area contributed by atoms with Crippen LogP contribution in [-0.4, -0.2) is 62.8 Å². The fourth-order valence-electron chi connectivity index (χ4n) is 4.52. The molecule has 0 spiro atoms. The van der Waals surface area contributed by atoms with E-state index in [1.165, 1.54) is 6.08 Å². The van der Waals surface area contributed by atoms with Gasteiger partial charge in [0.05, 0.1) is 6.20 Å². The van der Waals surface area contributed by atoms with Crippen LogP contribution < -0.4 is 21.3 Å². The Morgan fingerprint density at radius 1 is 1.20 bits per heavy atom. The van der Waals surface area contributed by atoms with Crippen LogP contribution >= 0.6 is 11.6 Å². The van der Waals surface area contributed by atoms with E-state index in [1.54, 1.807) is 27.7 Å². The van der Waals surface area contributed by atoms with Crippen LogP contribution in [0.15, 0.2) is 42.2 Å². The zero-order valence-electron chi connectivity index (χ0n) is 22.5.